The highest BCUT2D eigenvalue weighted by Gasteiger charge is 2.17. The molecule has 6 heteroatoms. The molecule has 0 saturated heterocycles. The van der Waals surface area contributed by atoms with Gasteiger partial charge in [-0.05, 0) is 59.7 Å². The van der Waals surface area contributed by atoms with Crippen LogP contribution in [0.2, 0.25) is 0 Å². The molecular weight excluding hydrogens is 715 g/mol. The number of nitriles is 1. The quantitative estimate of drug-likeness (QED) is 0.162. The van der Waals surface area contributed by atoms with Crippen LogP contribution in [-0.2, 0) is 0 Å². The molecule has 0 aliphatic rings. The Kier molecular flexibility index (Phi) is 8.68. The first kappa shape index (κ1) is 33.9. The molecule has 266 valence electrons. The predicted molar refractivity (Wildman–Crippen MR) is 233 cm³/mol. The van der Waals surface area contributed by atoms with Crippen molar-refractivity contribution in [3.05, 3.63) is 194 Å². The second-order valence-electron chi connectivity index (χ2n) is 13.8. The zero-order chi connectivity index (χ0) is 38.1. The van der Waals surface area contributed by atoms with Crippen molar-refractivity contribution in [1.82, 2.24) is 19.9 Å². The Morgan fingerprint density at radius 3 is 1.14 bits per heavy atom. The molecule has 0 N–H and O–H groups in total. The topological polar surface area (TPSA) is 75.3 Å². The predicted octanol–water partition coefficient (Wildman–Crippen LogP) is 13.2. The van der Waals surface area contributed by atoms with Crippen LogP contribution in [0.1, 0.15) is 5.56 Å². The van der Waals surface area contributed by atoms with Crippen LogP contribution in [-0.4, -0.2) is 19.9 Å². The van der Waals surface area contributed by atoms with Crippen LogP contribution in [0.5, 0.6) is 0 Å². The molecule has 0 amide bonds. The maximum Gasteiger partial charge on any atom is 0.160 e. The molecule has 10 rings (SSSR count). The van der Waals surface area contributed by atoms with Gasteiger partial charge in [0, 0.05) is 53.6 Å². The fourth-order valence-corrected chi connectivity index (χ4v) is 8.44. The minimum absolute atomic E-state index is 0.604. The van der Waals surface area contributed by atoms with Crippen LogP contribution in [0.15, 0.2) is 188 Å². The molecule has 0 radical (unpaired) electrons. The lowest BCUT2D eigenvalue weighted by Crippen LogP contribution is -1.99. The monoisotopic (exact) mass is 745 g/mol. The summed E-state index contributed by atoms with van der Waals surface area (Å²) in [5, 5.41) is 11.9. The Labute approximate surface area is 333 Å². The van der Waals surface area contributed by atoms with Gasteiger partial charge in [-0.25, -0.2) is 19.9 Å². The summed E-state index contributed by atoms with van der Waals surface area (Å²) in [6.45, 7) is 0. The van der Waals surface area contributed by atoms with Gasteiger partial charge in [0.25, 0.3) is 0 Å². The molecule has 10 aromatic rings. The summed E-state index contributed by atoms with van der Waals surface area (Å²) in [6, 6.07) is 66.3. The SMILES string of the molecule is N#Cc1ccc2c(c1)sc1cc(-c3cc(-c4nc(-c5ccccc5)cc(-c5ccccc5)n4)cc(-c4nc(-c5ccccc5)cc(-c5ccccc5)n4)c3)ccc12. The number of nitrogens with zero attached hydrogens (tertiary/aromatic N) is 5. The van der Waals surface area contributed by atoms with Crippen molar-refractivity contribution in [3.8, 4) is 85.0 Å². The molecule has 0 atom stereocenters. The van der Waals surface area contributed by atoms with Gasteiger partial charge < -0.3 is 0 Å². The summed E-state index contributed by atoms with van der Waals surface area (Å²) in [6.07, 6.45) is 0. The van der Waals surface area contributed by atoms with E-state index in [9.17, 15) is 5.26 Å². The molecule has 0 bridgehead atoms. The first-order chi connectivity index (χ1) is 28.1. The smallest absolute Gasteiger partial charge is 0.160 e. The second kappa shape index (κ2) is 14.6. The summed E-state index contributed by atoms with van der Waals surface area (Å²) >= 11 is 1.70. The molecule has 0 spiro atoms. The van der Waals surface area contributed by atoms with E-state index in [-0.39, 0.29) is 0 Å². The molecule has 0 unspecified atom stereocenters. The average Bonchev–Trinajstić information content (AvgIpc) is 3.67. The molecule has 0 aliphatic heterocycles. The zero-order valence-corrected chi connectivity index (χ0v) is 31.4. The second-order valence-corrected chi connectivity index (χ2v) is 14.9. The Bertz CT molecular complexity index is 2860. The Balaban J connectivity index is 1.21. The van der Waals surface area contributed by atoms with Gasteiger partial charge in [0.15, 0.2) is 11.6 Å². The third kappa shape index (κ3) is 6.74. The van der Waals surface area contributed by atoms with Crippen LogP contribution in [0.25, 0.3) is 99.1 Å². The van der Waals surface area contributed by atoms with E-state index >= 15 is 0 Å². The van der Waals surface area contributed by atoms with E-state index in [1.165, 1.54) is 0 Å². The summed E-state index contributed by atoms with van der Waals surface area (Å²) < 4.78 is 2.24. The maximum absolute atomic E-state index is 9.57. The normalized spacial score (nSPS) is 11.1. The minimum atomic E-state index is 0.604. The molecule has 5 nitrogen and oxygen atoms in total. The number of rotatable bonds is 7. The Morgan fingerprint density at radius 1 is 0.333 bits per heavy atom. The number of hydrogen-bond donors (Lipinski definition) is 0. The van der Waals surface area contributed by atoms with Crippen molar-refractivity contribution < 1.29 is 0 Å². The Hall–Kier alpha value is -7.59. The highest BCUT2D eigenvalue weighted by Crippen LogP contribution is 2.39. The lowest BCUT2D eigenvalue weighted by Gasteiger charge is -2.14. The number of aromatic nitrogens is 4. The van der Waals surface area contributed by atoms with Crippen LogP contribution in [0, 0.1) is 11.3 Å². The molecule has 0 saturated carbocycles. The fraction of sp³-hybridized carbons (Fsp3) is 0. The van der Waals surface area contributed by atoms with Gasteiger partial charge in [-0.15, -0.1) is 11.3 Å². The van der Waals surface area contributed by atoms with Crippen molar-refractivity contribution in [2.75, 3.05) is 0 Å². The van der Waals surface area contributed by atoms with E-state index in [4.69, 9.17) is 19.9 Å². The van der Waals surface area contributed by atoms with Gasteiger partial charge in [0.2, 0.25) is 0 Å². The number of benzene rings is 7. The van der Waals surface area contributed by atoms with Crippen molar-refractivity contribution >= 4 is 31.5 Å². The highest BCUT2D eigenvalue weighted by molar-refractivity contribution is 7.25. The summed E-state index contributed by atoms with van der Waals surface area (Å²) in [4.78, 5) is 20.9. The van der Waals surface area contributed by atoms with E-state index in [2.05, 4.69) is 103 Å². The first-order valence-corrected chi connectivity index (χ1v) is 19.5. The Morgan fingerprint density at radius 2 is 0.719 bits per heavy atom. The largest absolute Gasteiger partial charge is 0.228 e. The van der Waals surface area contributed by atoms with E-state index in [1.54, 1.807) is 11.3 Å². The average molecular weight is 746 g/mol. The molecule has 57 heavy (non-hydrogen) atoms. The molecule has 0 aliphatic carbocycles. The third-order valence-electron chi connectivity index (χ3n) is 10.1. The van der Waals surface area contributed by atoms with Gasteiger partial charge in [0.05, 0.1) is 34.4 Å². The van der Waals surface area contributed by atoms with Gasteiger partial charge in [-0.2, -0.15) is 5.26 Å². The molecular formula is C51H31N5S. The summed E-state index contributed by atoms with van der Waals surface area (Å²) in [7, 11) is 0. The highest BCUT2D eigenvalue weighted by atomic mass is 32.1. The van der Waals surface area contributed by atoms with Gasteiger partial charge >= 0.3 is 0 Å². The van der Waals surface area contributed by atoms with Gasteiger partial charge in [-0.1, -0.05) is 140 Å². The standard InChI is InChI=1S/C51H31N5S/c52-32-33-21-23-42-43-24-22-38(29-49(43)57-48(42)25-33)39-26-40(50-53-44(34-13-5-1-6-14-34)30-45(54-50)35-15-7-2-8-16-35)28-41(27-39)51-55-46(36-17-9-3-10-18-36)31-47(56-51)37-19-11-4-12-20-37/h1-31H. The molecule has 3 heterocycles. The lowest BCUT2D eigenvalue weighted by molar-refractivity contribution is 1.17. The molecule has 3 aromatic heterocycles. The van der Waals surface area contributed by atoms with E-state index < -0.39 is 0 Å². The number of fused-ring (bicyclic) bond motifs is 3. The van der Waals surface area contributed by atoms with Crippen molar-refractivity contribution in [2.45, 2.75) is 0 Å². The molecule has 0 fully saturated rings. The van der Waals surface area contributed by atoms with Gasteiger partial charge in [0.1, 0.15) is 0 Å². The van der Waals surface area contributed by atoms with E-state index in [0.717, 1.165) is 87.5 Å². The van der Waals surface area contributed by atoms with Crippen LogP contribution >= 0.6 is 11.3 Å². The van der Waals surface area contributed by atoms with E-state index in [0.29, 0.717) is 17.2 Å². The summed E-state index contributed by atoms with van der Waals surface area (Å²) in [5.74, 6) is 1.21. The van der Waals surface area contributed by atoms with Crippen LogP contribution in [0.4, 0.5) is 0 Å². The zero-order valence-electron chi connectivity index (χ0n) is 30.5. The summed E-state index contributed by atoms with van der Waals surface area (Å²) in [5.41, 5.74) is 11.8. The van der Waals surface area contributed by atoms with E-state index in [1.807, 2.05) is 91.0 Å². The van der Waals surface area contributed by atoms with Crippen molar-refractivity contribution in [2.24, 2.45) is 0 Å². The lowest BCUT2D eigenvalue weighted by atomic mass is 9.97. The number of thiophene rings is 1. The first-order valence-electron chi connectivity index (χ1n) is 18.7. The van der Waals surface area contributed by atoms with Crippen LogP contribution < -0.4 is 0 Å². The fourth-order valence-electron chi connectivity index (χ4n) is 7.26. The van der Waals surface area contributed by atoms with Crippen molar-refractivity contribution in [1.29, 1.82) is 5.26 Å². The van der Waals surface area contributed by atoms with Gasteiger partial charge in [-0.3, -0.25) is 0 Å². The number of hydrogen-bond acceptors (Lipinski definition) is 6. The maximum atomic E-state index is 9.57. The minimum Gasteiger partial charge on any atom is -0.228 e. The van der Waals surface area contributed by atoms with Crippen molar-refractivity contribution in [3.63, 3.8) is 0 Å². The van der Waals surface area contributed by atoms with Crippen LogP contribution in [0.3, 0.4) is 0 Å². The third-order valence-corrected chi connectivity index (χ3v) is 11.2. The molecule has 7 aromatic carbocycles.